The molecule has 0 aliphatic heterocycles. The van der Waals surface area contributed by atoms with Crippen molar-refractivity contribution in [1.29, 1.82) is 0 Å². The summed E-state index contributed by atoms with van der Waals surface area (Å²) in [7, 11) is 3.39. The number of carbonyl (C=O) groups excluding carboxylic acids is 2. The minimum Gasteiger partial charge on any atom is -0.494 e. The molecule has 0 unspecified atom stereocenters. The van der Waals surface area contributed by atoms with Crippen LogP contribution in [0.15, 0.2) is 18.5 Å². The summed E-state index contributed by atoms with van der Waals surface area (Å²) in [5.41, 5.74) is 2.19. The van der Waals surface area contributed by atoms with Crippen LogP contribution < -0.4 is 15.4 Å². The van der Waals surface area contributed by atoms with Gasteiger partial charge in [0.05, 0.1) is 22.9 Å². The van der Waals surface area contributed by atoms with E-state index in [9.17, 15) is 9.59 Å². The van der Waals surface area contributed by atoms with Crippen molar-refractivity contribution in [2.45, 2.75) is 45.6 Å². The fraction of sp³-hybridized carbons (Fsp3) is 0.462. The monoisotopic (exact) mass is 569 g/mol. The van der Waals surface area contributed by atoms with Gasteiger partial charge in [0.15, 0.2) is 0 Å². The first-order chi connectivity index (χ1) is 18.6. The largest absolute Gasteiger partial charge is 0.494 e. The Kier molecular flexibility index (Phi) is 7.54. The summed E-state index contributed by atoms with van der Waals surface area (Å²) in [6.07, 6.45) is 3.22. The Balaban J connectivity index is 1.29. The molecule has 1 aromatic carbocycles. The fourth-order valence-electron chi connectivity index (χ4n) is 4.68. The van der Waals surface area contributed by atoms with Gasteiger partial charge in [0, 0.05) is 37.0 Å². The van der Waals surface area contributed by atoms with E-state index in [1.165, 1.54) is 17.1 Å². The molecule has 3 aromatic heterocycles. The summed E-state index contributed by atoms with van der Waals surface area (Å²) in [4.78, 5) is 37.9. The number of hydrogen-bond acceptors (Lipinski definition) is 11. The summed E-state index contributed by atoms with van der Waals surface area (Å²) in [5.74, 6) is 1.32. The molecule has 0 bridgehead atoms. The lowest BCUT2D eigenvalue weighted by molar-refractivity contribution is -0.134. The van der Waals surface area contributed by atoms with Gasteiger partial charge in [0.25, 0.3) is 0 Å². The Morgan fingerprint density at radius 2 is 2.05 bits per heavy atom. The van der Waals surface area contributed by atoms with Crippen LogP contribution in [0.2, 0.25) is 0 Å². The first-order valence-electron chi connectivity index (χ1n) is 12.7. The van der Waals surface area contributed by atoms with E-state index in [0.717, 1.165) is 43.8 Å². The van der Waals surface area contributed by atoms with E-state index >= 15 is 0 Å². The maximum Gasteiger partial charge on any atom is 0.407 e. The van der Waals surface area contributed by atoms with E-state index in [2.05, 4.69) is 30.2 Å². The Bertz CT molecular complexity index is 1530. The molecule has 13 heteroatoms. The van der Waals surface area contributed by atoms with Crippen LogP contribution >= 0.6 is 22.9 Å². The van der Waals surface area contributed by atoms with Crippen molar-refractivity contribution in [3.63, 3.8) is 0 Å². The maximum absolute atomic E-state index is 13.2. The van der Waals surface area contributed by atoms with E-state index in [1.807, 2.05) is 32.9 Å². The number of aromatic nitrogens is 4. The summed E-state index contributed by atoms with van der Waals surface area (Å²) in [5, 5.41) is 11.3. The Hall–Kier alpha value is -3.58. The van der Waals surface area contributed by atoms with Crippen LogP contribution in [0.25, 0.3) is 20.4 Å². The highest BCUT2D eigenvalue weighted by Gasteiger charge is 2.31. The molecule has 11 nitrogen and oxygen atoms in total. The molecule has 2 amide bonds. The average Bonchev–Trinajstić information content (AvgIpc) is 3.50. The normalized spacial score (nSPS) is 15.2. The number of fused-ring (bicyclic) bond motifs is 4. The van der Waals surface area contributed by atoms with E-state index < -0.39 is 11.7 Å². The van der Waals surface area contributed by atoms with Gasteiger partial charge in [-0.05, 0) is 63.2 Å². The van der Waals surface area contributed by atoms with Crippen molar-refractivity contribution < 1.29 is 19.1 Å². The number of hydrogen-bond donors (Lipinski definition) is 2. The highest BCUT2D eigenvalue weighted by atomic mass is 32.1. The van der Waals surface area contributed by atoms with Gasteiger partial charge in [-0.2, -0.15) is 0 Å². The quantitative estimate of drug-likeness (QED) is 0.329. The number of likely N-dealkylation sites (N-methyl/N-ethyl adjacent to an activating group) is 1. The van der Waals surface area contributed by atoms with E-state index in [4.69, 9.17) is 9.47 Å². The molecule has 2 N–H and O–H groups in total. The Morgan fingerprint density at radius 1 is 1.23 bits per heavy atom. The van der Waals surface area contributed by atoms with Crippen LogP contribution in [0, 0.1) is 5.92 Å². The topological polar surface area (TPSA) is 131 Å². The molecule has 4 aromatic rings. The van der Waals surface area contributed by atoms with Gasteiger partial charge in [-0.3, -0.25) is 4.79 Å². The lowest BCUT2D eigenvalue weighted by Gasteiger charge is -2.27. The third kappa shape index (κ3) is 5.88. The van der Waals surface area contributed by atoms with Gasteiger partial charge < -0.3 is 25.0 Å². The highest BCUT2D eigenvalue weighted by Crippen LogP contribution is 2.42. The minimum absolute atomic E-state index is 0.0738. The molecule has 3 heterocycles. The second-order valence-corrected chi connectivity index (χ2v) is 12.3. The molecular formula is C26H31N7O4S2. The molecule has 206 valence electrons. The van der Waals surface area contributed by atoms with Crippen LogP contribution in [0.3, 0.4) is 0 Å². The molecule has 5 rings (SSSR count). The van der Waals surface area contributed by atoms with E-state index in [0.29, 0.717) is 31.1 Å². The SMILES string of the molecule is COc1cc2nnsc2cc1Nc1ncnc2sc3c(c12)CC[C@H](C(=O)N(C)CCNC(=O)OC(C)(C)C)C3. The number of alkyl carbamates (subject to hydrolysis) is 1. The lowest BCUT2D eigenvalue weighted by Crippen LogP contribution is -2.41. The fourth-order valence-corrected chi connectivity index (χ4v) is 6.53. The molecule has 0 radical (unpaired) electrons. The van der Waals surface area contributed by atoms with Crippen molar-refractivity contribution in [2.24, 2.45) is 5.92 Å². The minimum atomic E-state index is -0.561. The van der Waals surface area contributed by atoms with Crippen molar-refractivity contribution in [3.8, 4) is 5.75 Å². The smallest absolute Gasteiger partial charge is 0.407 e. The van der Waals surface area contributed by atoms with Crippen LogP contribution in [-0.4, -0.2) is 69.3 Å². The zero-order valence-electron chi connectivity index (χ0n) is 22.5. The lowest BCUT2D eigenvalue weighted by atomic mass is 9.87. The van der Waals surface area contributed by atoms with Gasteiger partial charge >= 0.3 is 6.09 Å². The summed E-state index contributed by atoms with van der Waals surface area (Å²) < 4.78 is 15.8. The molecule has 0 spiro atoms. The number of thiophene rings is 1. The summed E-state index contributed by atoms with van der Waals surface area (Å²) in [6.45, 7) is 6.18. The number of rotatable bonds is 7. The highest BCUT2D eigenvalue weighted by molar-refractivity contribution is 7.19. The predicted molar refractivity (Wildman–Crippen MR) is 152 cm³/mol. The maximum atomic E-state index is 13.2. The second kappa shape index (κ2) is 10.9. The molecule has 39 heavy (non-hydrogen) atoms. The van der Waals surface area contributed by atoms with Gasteiger partial charge in [0.2, 0.25) is 5.91 Å². The van der Waals surface area contributed by atoms with E-state index in [-0.39, 0.29) is 11.8 Å². The molecule has 1 aliphatic carbocycles. The molecule has 1 aliphatic rings. The van der Waals surface area contributed by atoms with Crippen LogP contribution in [0.1, 0.15) is 37.6 Å². The number of benzene rings is 1. The predicted octanol–water partition coefficient (Wildman–Crippen LogP) is 4.54. The van der Waals surface area contributed by atoms with Crippen molar-refractivity contribution in [2.75, 3.05) is 32.6 Å². The summed E-state index contributed by atoms with van der Waals surface area (Å²) >= 11 is 2.94. The Labute approximate surface area is 234 Å². The van der Waals surface area contributed by atoms with Crippen molar-refractivity contribution in [3.05, 3.63) is 28.9 Å². The number of methoxy groups -OCH3 is 1. The number of carbonyl (C=O) groups is 2. The zero-order chi connectivity index (χ0) is 27.7. The van der Waals surface area contributed by atoms with E-state index in [1.54, 1.807) is 36.7 Å². The number of nitrogens with zero attached hydrogens (tertiary/aromatic N) is 5. The first kappa shape index (κ1) is 27.0. The molecule has 0 fully saturated rings. The number of anilines is 2. The molecule has 0 saturated heterocycles. The van der Waals surface area contributed by atoms with Gasteiger partial charge in [0.1, 0.15) is 33.8 Å². The number of nitrogens with one attached hydrogen (secondary N) is 2. The van der Waals surface area contributed by atoms with Gasteiger partial charge in [-0.25, -0.2) is 14.8 Å². The standard InChI is InChI=1S/C26H31N7O4S2/c1-26(2,3)37-25(35)27-8-9-33(4)24(34)14-6-7-15-19(10-14)38-23-21(15)22(28-13-29-23)30-16-12-20-17(31-32-39-20)11-18(16)36-5/h11-14H,6-10H2,1-5H3,(H,27,35)(H,28,29,30)/t14-/m0/s1. The number of aryl methyl sites for hydroxylation is 1. The van der Waals surface area contributed by atoms with Crippen LogP contribution in [-0.2, 0) is 22.4 Å². The third-order valence-electron chi connectivity index (χ3n) is 6.51. The number of amides is 2. The zero-order valence-corrected chi connectivity index (χ0v) is 24.2. The Morgan fingerprint density at radius 3 is 2.82 bits per heavy atom. The van der Waals surface area contributed by atoms with Gasteiger partial charge in [-0.15, -0.1) is 16.4 Å². The molecular weight excluding hydrogens is 538 g/mol. The van der Waals surface area contributed by atoms with Crippen LogP contribution in [0.5, 0.6) is 5.75 Å². The van der Waals surface area contributed by atoms with Crippen molar-refractivity contribution >= 4 is 66.8 Å². The number of ether oxygens (including phenoxy) is 2. The molecule has 1 atom stereocenters. The second-order valence-electron chi connectivity index (χ2n) is 10.5. The van der Waals surface area contributed by atoms with Gasteiger partial charge in [-0.1, -0.05) is 4.49 Å². The third-order valence-corrected chi connectivity index (χ3v) is 8.36. The van der Waals surface area contributed by atoms with Crippen LogP contribution in [0.4, 0.5) is 16.3 Å². The average molecular weight is 570 g/mol. The first-order valence-corrected chi connectivity index (χ1v) is 14.3. The summed E-state index contributed by atoms with van der Waals surface area (Å²) in [6, 6.07) is 3.83. The van der Waals surface area contributed by atoms with Crippen molar-refractivity contribution in [1.82, 2.24) is 29.8 Å². The molecule has 0 saturated carbocycles.